The highest BCUT2D eigenvalue weighted by Gasteiger charge is 2.04. The molecule has 0 aromatic carbocycles. The molecule has 0 fully saturated rings. The van der Waals surface area contributed by atoms with Crippen molar-refractivity contribution in [1.82, 2.24) is 15.0 Å². The van der Waals surface area contributed by atoms with Crippen molar-refractivity contribution < 1.29 is 0 Å². The summed E-state index contributed by atoms with van der Waals surface area (Å²) in [7, 11) is 0. The molecule has 0 aliphatic heterocycles. The molecule has 0 saturated heterocycles. The minimum atomic E-state index is -0.206. The third-order valence-electron chi connectivity index (χ3n) is 1.70. The zero-order chi connectivity index (χ0) is 9.97. The van der Waals surface area contributed by atoms with E-state index in [1.807, 2.05) is 0 Å². The van der Waals surface area contributed by atoms with Crippen LogP contribution < -0.4 is 5.56 Å². The SMILES string of the molecule is O=c1ccnc(-c2ccncc2Cl)[nH]1. The Kier molecular flexibility index (Phi) is 2.28. The van der Waals surface area contributed by atoms with E-state index in [4.69, 9.17) is 11.6 Å². The largest absolute Gasteiger partial charge is 0.306 e. The van der Waals surface area contributed by atoms with E-state index in [9.17, 15) is 4.79 Å². The molecule has 0 saturated carbocycles. The van der Waals surface area contributed by atoms with Crippen molar-refractivity contribution in [1.29, 1.82) is 0 Å². The first-order valence-corrected chi connectivity index (χ1v) is 4.30. The van der Waals surface area contributed by atoms with Gasteiger partial charge in [-0.3, -0.25) is 9.78 Å². The predicted octanol–water partition coefficient (Wildman–Crippen LogP) is 1.49. The van der Waals surface area contributed by atoms with Crippen molar-refractivity contribution in [3.05, 3.63) is 46.1 Å². The Morgan fingerprint density at radius 3 is 2.86 bits per heavy atom. The van der Waals surface area contributed by atoms with Crippen LogP contribution in [0.5, 0.6) is 0 Å². The summed E-state index contributed by atoms with van der Waals surface area (Å²) in [5.41, 5.74) is 0.460. The maximum Gasteiger partial charge on any atom is 0.251 e. The fraction of sp³-hybridized carbons (Fsp3) is 0. The molecule has 2 aromatic heterocycles. The molecular formula is C9H6ClN3O. The third-order valence-corrected chi connectivity index (χ3v) is 2.00. The van der Waals surface area contributed by atoms with Crippen LogP contribution in [-0.2, 0) is 0 Å². The minimum Gasteiger partial charge on any atom is -0.306 e. The Morgan fingerprint density at radius 2 is 2.14 bits per heavy atom. The number of nitrogens with one attached hydrogen (secondary N) is 1. The first-order chi connectivity index (χ1) is 6.77. The molecule has 2 heterocycles. The average Bonchev–Trinajstić information content (AvgIpc) is 2.18. The average molecular weight is 208 g/mol. The van der Waals surface area contributed by atoms with Crippen LogP contribution in [0.4, 0.5) is 0 Å². The van der Waals surface area contributed by atoms with E-state index in [2.05, 4.69) is 15.0 Å². The molecule has 0 aliphatic rings. The van der Waals surface area contributed by atoms with Crippen molar-refractivity contribution in [3.8, 4) is 11.4 Å². The fourth-order valence-corrected chi connectivity index (χ4v) is 1.28. The van der Waals surface area contributed by atoms with Crippen molar-refractivity contribution in [2.75, 3.05) is 0 Å². The van der Waals surface area contributed by atoms with Gasteiger partial charge in [0, 0.05) is 30.2 Å². The van der Waals surface area contributed by atoms with Gasteiger partial charge in [-0.15, -0.1) is 0 Å². The molecule has 14 heavy (non-hydrogen) atoms. The molecule has 2 aromatic rings. The highest BCUT2D eigenvalue weighted by Crippen LogP contribution is 2.21. The maximum atomic E-state index is 11.0. The Labute approximate surface area is 84.6 Å². The predicted molar refractivity (Wildman–Crippen MR) is 53.1 cm³/mol. The van der Waals surface area contributed by atoms with Gasteiger partial charge in [0.05, 0.1) is 5.02 Å². The van der Waals surface area contributed by atoms with Crippen LogP contribution in [0.15, 0.2) is 35.5 Å². The van der Waals surface area contributed by atoms with E-state index >= 15 is 0 Å². The number of aromatic nitrogens is 3. The monoisotopic (exact) mass is 207 g/mol. The van der Waals surface area contributed by atoms with Gasteiger partial charge in [-0.1, -0.05) is 11.6 Å². The minimum absolute atomic E-state index is 0.206. The molecule has 0 atom stereocenters. The normalized spacial score (nSPS) is 10.1. The van der Waals surface area contributed by atoms with Crippen LogP contribution in [0, 0.1) is 0 Å². The van der Waals surface area contributed by atoms with Gasteiger partial charge in [0.15, 0.2) is 0 Å². The second kappa shape index (κ2) is 3.59. The van der Waals surface area contributed by atoms with E-state index in [0.717, 1.165) is 0 Å². The Hall–Kier alpha value is -1.68. The number of rotatable bonds is 1. The summed E-state index contributed by atoms with van der Waals surface area (Å²) in [4.78, 5) is 21.5. The highest BCUT2D eigenvalue weighted by molar-refractivity contribution is 6.33. The van der Waals surface area contributed by atoms with Crippen molar-refractivity contribution in [2.45, 2.75) is 0 Å². The first-order valence-electron chi connectivity index (χ1n) is 3.92. The fourth-order valence-electron chi connectivity index (χ4n) is 1.07. The number of hydrogen-bond donors (Lipinski definition) is 1. The number of aromatic amines is 1. The van der Waals surface area contributed by atoms with Crippen molar-refractivity contribution >= 4 is 11.6 Å². The number of halogens is 1. The molecule has 70 valence electrons. The summed E-state index contributed by atoms with van der Waals surface area (Å²) in [5, 5.41) is 0.460. The molecule has 0 bridgehead atoms. The lowest BCUT2D eigenvalue weighted by Crippen LogP contribution is -2.05. The first kappa shape index (κ1) is 8.90. The molecule has 0 amide bonds. The quantitative estimate of drug-likeness (QED) is 0.771. The number of nitrogens with zero attached hydrogens (tertiary/aromatic N) is 2. The van der Waals surface area contributed by atoms with E-state index in [1.165, 1.54) is 18.5 Å². The van der Waals surface area contributed by atoms with Crippen LogP contribution in [0.3, 0.4) is 0 Å². The molecule has 0 unspecified atom stereocenters. The zero-order valence-electron chi connectivity index (χ0n) is 7.07. The van der Waals surface area contributed by atoms with Gasteiger partial charge in [0.25, 0.3) is 5.56 Å². The zero-order valence-corrected chi connectivity index (χ0v) is 7.82. The van der Waals surface area contributed by atoms with Crippen LogP contribution in [0.1, 0.15) is 0 Å². The number of hydrogen-bond acceptors (Lipinski definition) is 3. The van der Waals surface area contributed by atoms with Gasteiger partial charge < -0.3 is 4.98 Å². The standard InChI is InChI=1S/C9H6ClN3O/c10-7-5-11-3-1-6(7)9-12-4-2-8(14)13-9/h1-5H,(H,12,13,14). The lowest BCUT2D eigenvalue weighted by molar-refractivity contribution is 1.12. The van der Waals surface area contributed by atoms with Gasteiger partial charge in [0.1, 0.15) is 5.82 Å². The topological polar surface area (TPSA) is 58.6 Å². The Morgan fingerprint density at radius 1 is 1.29 bits per heavy atom. The molecule has 1 N–H and O–H groups in total. The van der Waals surface area contributed by atoms with Crippen LogP contribution in [0.25, 0.3) is 11.4 Å². The van der Waals surface area contributed by atoms with E-state index in [0.29, 0.717) is 16.4 Å². The maximum absolute atomic E-state index is 11.0. The summed E-state index contributed by atoms with van der Waals surface area (Å²) >= 11 is 5.89. The van der Waals surface area contributed by atoms with Gasteiger partial charge in [-0.25, -0.2) is 4.98 Å². The van der Waals surface area contributed by atoms with Crippen LogP contribution in [-0.4, -0.2) is 15.0 Å². The molecule has 0 radical (unpaired) electrons. The van der Waals surface area contributed by atoms with Crippen molar-refractivity contribution in [2.24, 2.45) is 0 Å². The van der Waals surface area contributed by atoms with Crippen LogP contribution >= 0.6 is 11.6 Å². The lowest BCUT2D eigenvalue weighted by Gasteiger charge is -2.00. The molecular weight excluding hydrogens is 202 g/mol. The van der Waals surface area contributed by atoms with E-state index in [-0.39, 0.29) is 5.56 Å². The van der Waals surface area contributed by atoms with E-state index in [1.54, 1.807) is 12.3 Å². The molecule has 0 spiro atoms. The molecule has 4 nitrogen and oxygen atoms in total. The highest BCUT2D eigenvalue weighted by atomic mass is 35.5. The lowest BCUT2D eigenvalue weighted by atomic mass is 10.2. The number of pyridine rings is 1. The third kappa shape index (κ3) is 1.65. The summed E-state index contributed by atoms with van der Waals surface area (Å²) in [6.07, 6.45) is 4.53. The van der Waals surface area contributed by atoms with Gasteiger partial charge in [-0.05, 0) is 6.07 Å². The second-order valence-corrected chi connectivity index (χ2v) is 3.05. The van der Waals surface area contributed by atoms with Gasteiger partial charge in [-0.2, -0.15) is 0 Å². The van der Waals surface area contributed by atoms with E-state index < -0.39 is 0 Å². The smallest absolute Gasteiger partial charge is 0.251 e. The van der Waals surface area contributed by atoms with Crippen molar-refractivity contribution in [3.63, 3.8) is 0 Å². The number of H-pyrrole nitrogens is 1. The second-order valence-electron chi connectivity index (χ2n) is 2.64. The molecule has 2 rings (SSSR count). The summed E-state index contributed by atoms with van der Waals surface area (Å²) in [6.45, 7) is 0. The summed E-state index contributed by atoms with van der Waals surface area (Å²) < 4.78 is 0. The van der Waals surface area contributed by atoms with Crippen LogP contribution in [0.2, 0.25) is 5.02 Å². The van der Waals surface area contributed by atoms with Gasteiger partial charge >= 0.3 is 0 Å². The molecule has 5 heteroatoms. The Bertz CT molecular complexity index is 509. The summed E-state index contributed by atoms with van der Waals surface area (Å²) in [6, 6.07) is 3.04. The molecule has 0 aliphatic carbocycles. The van der Waals surface area contributed by atoms with Gasteiger partial charge in [0.2, 0.25) is 0 Å². The Balaban J connectivity index is 2.61. The summed E-state index contributed by atoms with van der Waals surface area (Å²) in [5.74, 6) is 0.449.